The van der Waals surface area contributed by atoms with Crippen LogP contribution < -0.4 is 4.90 Å². The van der Waals surface area contributed by atoms with Crippen molar-refractivity contribution >= 4 is 11.4 Å². The number of nitrogens with zero attached hydrogens (tertiary/aromatic N) is 1. The van der Waals surface area contributed by atoms with Crippen LogP contribution in [0.3, 0.4) is 0 Å². The first-order valence-corrected chi connectivity index (χ1v) is 7.29. The maximum atomic E-state index is 2.28. The second-order valence-electron chi connectivity index (χ2n) is 5.22. The third-order valence-corrected chi connectivity index (χ3v) is 3.55. The summed E-state index contributed by atoms with van der Waals surface area (Å²) in [4.78, 5) is 2.28. The van der Waals surface area contributed by atoms with Crippen molar-refractivity contribution < 1.29 is 0 Å². The van der Waals surface area contributed by atoms with E-state index in [2.05, 4.69) is 84.7 Å². The average Bonchev–Trinajstić information content (AvgIpc) is 2.75. The van der Waals surface area contributed by atoms with Gasteiger partial charge in [0.05, 0.1) is 0 Å². The lowest BCUT2D eigenvalue weighted by molar-refractivity contribution is 1.20. The van der Waals surface area contributed by atoms with E-state index >= 15 is 0 Å². The minimum Gasteiger partial charge on any atom is -0.311 e. The molecule has 0 atom stereocenters. The molecule has 0 N–H and O–H groups in total. The predicted octanol–water partition coefficient (Wildman–Crippen LogP) is 5.61. The summed E-state index contributed by atoms with van der Waals surface area (Å²) in [6.45, 7) is 2.17. The first-order valence-electron chi connectivity index (χ1n) is 7.29. The molecule has 1 aliphatic rings. The van der Waals surface area contributed by atoms with Gasteiger partial charge in [-0.2, -0.15) is 0 Å². The zero-order valence-corrected chi connectivity index (χ0v) is 12.2. The van der Waals surface area contributed by atoms with Crippen molar-refractivity contribution in [2.24, 2.45) is 0 Å². The van der Waals surface area contributed by atoms with Crippen molar-refractivity contribution in [3.05, 3.63) is 96.2 Å². The molecule has 0 aliphatic heterocycles. The van der Waals surface area contributed by atoms with E-state index in [4.69, 9.17) is 0 Å². The monoisotopic (exact) mass is 273 g/mol. The van der Waals surface area contributed by atoms with Crippen LogP contribution in [0.1, 0.15) is 13.3 Å². The molecule has 0 saturated heterocycles. The summed E-state index contributed by atoms with van der Waals surface area (Å²) in [7, 11) is 0. The van der Waals surface area contributed by atoms with Crippen molar-refractivity contribution in [2.45, 2.75) is 13.3 Å². The van der Waals surface area contributed by atoms with Crippen LogP contribution in [-0.4, -0.2) is 0 Å². The van der Waals surface area contributed by atoms with Crippen LogP contribution >= 0.6 is 0 Å². The molecular formula is C20H19N. The smallest absolute Gasteiger partial charge is 0.0461 e. The number of hydrogen-bond acceptors (Lipinski definition) is 1. The SMILES string of the molecule is CC1=CC=C(N(c2ccccc2)c2ccccc2)C=CC1. The Morgan fingerprint density at radius 2 is 1.33 bits per heavy atom. The molecule has 2 aromatic carbocycles. The molecule has 0 bridgehead atoms. The first kappa shape index (κ1) is 13.4. The Hall–Kier alpha value is -2.54. The standard InChI is InChI=1S/C20H19N/c1-17-9-8-14-20(16-15-17)21(18-10-4-2-5-11-18)19-12-6-3-7-13-19/h2-8,10-16H,9H2,1H3. The Balaban J connectivity index is 2.09. The van der Waals surface area contributed by atoms with Crippen LogP contribution in [0.4, 0.5) is 11.4 Å². The van der Waals surface area contributed by atoms with Crippen molar-refractivity contribution in [3.8, 4) is 0 Å². The fraction of sp³-hybridized carbons (Fsp3) is 0.100. The largest absolute Gasteiger partial charge is 0.311 e. The molecule has 21 heavy (non-hydrogen) atoms. The summed E-state index contributed by atoms with van der Waals surface area (Å²) in [6, 6.07) is 21.0. The van der Waals surface area contributed by atoms with Gasteiger partial charge in [-0.05, 0) is 49.8 Å². The van der Waals surface area contributed by atoms with Gasteiger partial charge in [-0.3, -0.25) is 0 Å². The van der Waals surface area contributed by atoms with Crippen LogP contribution in [-0.2, 0) is 0 Å². The van der Waals surface area contributed by atoms with Crippen molar-refractivity contribution in [1.82, 2.24) is 0 Å². The molecule has 1 heteroatoms. The van der Waals surface area contributed by atoms with Gasteiger partial charge in [0.2, 0.25) is 0 Å². The Kier molecular flexibility index (Phi) is 4.02. The Morgan fingerprint density at radius 1 is 0.762 bits per heavy atom. The number of hydrogen-bond donors (Lipinski definition) is 0. The van der Waals surface area contributed by atoms with E-state index in [-0.39, 0.29) is 0 Å². The Morgan fingerprint density at radius 3 is 1.90 bits per heavy atom. The van der Waals surface area contributed by atoms with E-state index in [1.165, 1.54) is 22.6 Å². The summed E-state index contributed by atoms with van der Waals surface area (Å²) < 4.78 is 0. The van der Waals surface area contributed by atoms with Crippen LogP contribution in [0.15, 0.2) is 96.2 Å². The molecule has 0 aromatic heterocycles. The number of rotatable bonds is 3. The quantitative estimate of drug-likeness (QED) is 0.702. The van der Waals surface area contributed by atoms with Gasteiger partial charge in [0.15, 0.2) is 0 Å². The summed E-state index contributed by atoms with van der Waals surface area (Å²) in [5, 5.41) is 0. The van der Waals surface area contributed by atoms with E-state index < -0.39 is 0 Å². The maximum Gasteiger partial charge on any atom is 0.0461 e. The molecule has 0 spiro atoms. The minimum atomic E-state index is 1.01. The maximum absolute atomic E-state index is 2.28. The molecular weight excluding hydrogens is 254 g/mol. The lowest BCUT2D eigenvalue weighted by Gasteiger charge is -2.26. The second-order valence-corrected chi connectivity index (χ2v) is 5.22. The lowest BCUT2D eigenvalue weighted by Crippen LogP contribution is -2.14. The van der Waals surface area contributed by atoms with Gasteiger partial charge in [0.1, 0.15) is 0 Å². The molecule has 1 nitrogen and oxygen atoms in total. The van der Waals surface area contributed by atoms with Crippen LogP contribution in [0.2, 0.25) is 0 Å². The summed E-state index contributed by atoms with van der Waals surface area (Å²) >= 11 is 0. The van der Waals surface area contributed by atoms with Crippen LogP contribution in [0, 0.1) is 0 Å². The van der Waals surface area contributed by atoms with Gasteiger partial charge in [0, 0.05) is 17.1 Å². The van der Waals surface area contributed by atoms with Crippen LogP contribution in [0.25, 0.3) is 0 Å². The number of allylic oxidation sites excluding steroid dienone is 5. The third-order valence-electron chi connectivity index (χ3n) is 3.55. The van der Waals surface area contributed by atoms with Crippen LogP contribution in [0.5, 0.6) is 0 Å². The van der Waals surface area contributed by atoms with Gasteiger partial charge in [-0.1, -0.05) is 54.1 Å². The molecule has 0 heterocycles. The zero-order chi connectivity index (χ0) is 14.5. The summed E-state index contributed by atoms with van der Waals surface area (Å²) in [6.07, 6.45) is 9.83. The molecule has 3 rings (SSSR count). The molecule has 0 fully saturated rings. The highest BCUT2D eigenvalue weighted by molar-refractivity contribution is 5.70. The first-order chi connectivity index (χ1) is 10.3. The second kappa shape index (κ2) is 6.27. The fourth-order valence-corrected chi connectivity index (χ4v) is 2.47. The van der Waals surface area contributed by atoms with Gasteiger partial charge < -0.3 is 4.90 Å². The summed E-state index contributed by atoms with van der Waals surface area (Å²) in [5.74, 6) is 0. The lowest BCUT2D eigenvalue weighted by atomic mass is 10.2. The van der Waals surface area contributed by atoms with Gasteiger partial charge >= 0.3 is 0 Å². The van der Waals surface area contributed by atoms with Gasteiger partial charge in [-0.15, -0.1) is 0 Å². The number of para-hydroxylation sites is 2. The molecule has 1 aliphatic carbocycles. The minimum absolute atomic E-state index is 1.01. The van der Waals surface area contributed by atoms with Gasteiger partial charge in [0.25, 0.3) is 0 Å². The van der Waals surface area contributed by atoms with Gasteiger partial charge in [-0.25, -0.2) is 0 Å². The fourth-order valence-electron chi connectivity index (χ4n) is 2.47. The molecule has 0 amide bonds. The Labute approximate surface area is 126 Å². The van der Waals surface area contributed by atoms with Crippen molar-refractivity contribution in [2.75, 3.05) is 4.90 Å². The average molecular weight is 273 g/mol. The van der Waals surface area contributed by atoms with E-state index in [0.717, 1.165) is 6.42 Å². The molecule has 0 radical (unpaired) electrons. The molecule has 2 aromatic rings. The molecule has 0 unspecified atom stereocenters. The topological polar surface area (TPSA) is 3.24 Å². The highest BCUT2D eigenvalue weighted by Crippen LogP contribution is 2.31. The predicted molar refractivity (Wildman–Crippen MR) is 90.6 cm³/mol. The van der Waals surface area contributed by atoms with E-state index in [1.807, 2.05) is 12.1 Å². The summed E-state index contributed by atoms with van der Waals surface area (Å²) in [5.41, 5.74) is 4.91. The number of benzene rings is 2. The highest BCUT2D eigenvalue weighted by Gasteiger charge is 2.12. The van der Waals surface area contributed by atoms with Crippen molar-refractivity contribution in [3.63, 3.8) is 0 Å². The Bertz CT molecular complexity index is 639. The van der Waals surface area contributed by atoms with Crippen molar-refractivity contribution in [1.29, 1.82) is 0 Å². The van der Waals surface area contributed by atoms with E-state index in [1.54, 1.807) is 0 Å². The molecule has 0 saturated carbocycles. The van der Waals surface area contributed by atoms with E-state index in [9.17, 15) is 0 Å². The number of anilines is 2. The molecule has 104 valence electrons. The highest BCUT2D eigenvalue weighted by atomic mass is 15.1. The van der Waals surface area contributed by atoms with E-state index in [0.29, 0.717) is 0 Å². The zero-order valence-electron chi connectivity index (χ0n) is 12.2. The normalized spacial score (nSPS) is 14.1. The third kappa shape index (κ3) is 3.14.